The van der Waals surface area contributed by atoms with Gasteiger partial charge in [0.1, 0.15) is 18.0 Å². The Bertz CT molecular complexity index is 549. The fourth-order valence-corrected chi connectivity index (χ4v) is 2.02. The maximum Gasteiger partial charge on any atom is 0.139 e. The third-order valence-corrected chi connectivity index (χ3v) is 3.16. The third kappa shape index (κ3) is 3.47. The Labute approximate surface area is 120 Å². The van der Waals surface area contributed by atoms with Crippen molar-refractivity contribution >= 4 is 17.3 Å². The summed E-state index contributed by atoms with van der Waals surface area (Å²) in [5, 5.41) is 6.73. The molecule has 1 aromatic carbocycles. The van der Waals surface area contributed by atoms with Crippen molar-refractivity contribution < 1.29 is 0 Å². The van der Waals surface area contributed by atoms with E-state index in [1.165, 1.54) is 5.56 Å². The maximum atomic E-state index is 4.37. The lowest BCUT2D eigenvalue weighted by atomic mass is 10.2. The van der Waals surface area contributed by atoms with E-state index in [1.807, 2.05) is 0 Å². The van der Waals surface area contributed by atoms with Crippen molar-refractivity contribution in [2.24, 2.45) is 0 Å². The first kappa shape index (κ1) is 14.3. The molecular formula is C16H22N4. The molecule has 0 bridgehead atoms. The monoisotopic (exact) mass is 270 g/mol. The first-order valence-corrected chi connectivity index (χ1v) is 7.16. The molecule has 0 radical (unpaired) electrons. The minimum atomic E-state index is 0.880. The summed E-state index contributed by atoms with van der Waals surface area (Å²) >= 11 is 0. The minimum absolute atomic E-state index is 0.880. The summed E-state index contributed by atoms with van der Waals surface area (Å²) in [6, 6.07) is 8.31. The van der Waals surface area contributed by atoms with Gasteiger partial charge in [-0.2, -0.15) is 0 Å². The quantitative estimate of drug-likeness (QED) is 0.835. The number of hydrogen-bond donors (Lipinski definition) is 2. The van der Waals surface area contributed by atoms with Crippen LogP contribution in [-0.4, -0.2) is 16.5 Å². The standard InChI is InChI=1S/C16H22N4/c1-4-10-17-15-14(5-2)16(19-11-18-15)20-13-8-6-12(3)7-9-13/h6-9,11H,4-5,10H2,1-3H3,(H2,17,18,19,20). The molecule has 0 aliphatic heterocycles. The Morgan fingerprint density at radius 1 is 1.00 bits per heavy atom. The van der Waals surface area contributed by atoms with Gasteiger partial charge < -0.3 is 10.6 Å². The summed E-state index contributed by atoms with van der Waals surface area (Å²) in [4.78, 5) is 8.71. The topological polar surface area (TPSA) is 49.8 Å². The summed E-state index contributed by atoms with van der Waals surface area (Å²) in [5.41, 5.74) is 3.42. The molecule has 2 N–H and O–H groups in total. The minimum Gasteiger partial charge on any atom is -0.370 e. The van der Waals surface area contributed by atoms with Crippen LogP contribution >= 0.6 is 0 Å². The summed E-state index contributed by atoms with van der Waals surface area (Å²) in [5.74, 6) is 1.81. The number of rotatable bonds is 6. The number of benzene rings is 1. The molecule has 0 atom stereocenters. The van der Waals surface area contributed by atoms with Crippen molar-refractivity contribution in [3.8, 4) is 0 Å². The molecule has 1 heterocycles. The van der Waals surface area contributed by atoms with Gasteiger partial charge in [-0.25, -0.2) is 9.97 Å². The molecule has 0 saturated carbocycles. The average Bonchev–Trinajstić information content (AvgIpc) is 2.47. The lowest BCUT2D eigenvalue weighted by Gasteiger charge is -2.14. The first-order valence-electron chi connectivity index (χ1n) is 7.16. The Balaban J connectivity index is 2.24. The molecule has 0 aliphatic carbocycles. The molecule has 1 aromatic heterocycles. The third-order valence-electron chi connectivity index (χ3n) is 3.16. The van der Waals surface area contributed by atoms with Crippen LogP contribution in [0.4, 0.5) is 17.3 Å². The Kier molecular flexibility index (Phi) is 4.93. The van der Waals surface area contributed by atoms with E-state index in [9.17, 15) is 0 Å². The number of nitrogens with zero attached hydrogens (tertiary/aromatic N) is 2. The van der Waals surface area contributed by atoms with Crippen molar-refractivity contribution in [3.63, 3.8) is 0 Å². The smallest absolute Gasteiger partial charge is 0.139 e. The van der Waals surface area contributed by atoms with Gasteiger partial charge in [0.2, 0.25) is 0 Å². The van der Waals surface area contributed by atoms with Gasteiger partial charge in [0.15, 0.2) is 0 Å². The molecule has 0 saturated heterocycles. The molecule has 0 fully saturated rings. The van der Waals surface area contributed by atoms with Crippen LogP contribution in [0.5, 0.6) is 0 Å². The normalized spacial score (nSPS) is 10.3. The zero-order chi connectivity index (χ0) is 14.4. The molecule has 0 aliphatic rings. The van der Waals surface area contributed by atoms with Crippen molar-refractivity contribution in [1.82, 2.24) is 9.97 Å². The van der Waals surface area contributed by atoms with E-state index in [2.05, 4.69) is 65.6 Å². The van der Waals surface area contributed by atoms with Crippen molar-refractivity contribution in [2.45, 2.75) is 33.6 Å². The predicted molar refractivity (Wildman–Crippen MR) is 84.7 cm³/mol. The predicted octanol–water partition coefficient (Wildman–Crippen LogP) is 3.91. The van der Waals surface area contributed by atoms with Crippen molar-refractivity contribution in [2.75, 3.05) is 17.2 Å². The molecule has 106 valence electrons. The van der Waals surface area contributed by atoms with E-state index < -0.39 is 0 Å². The lowest BCUT2D eigenvalue weighted by Crippen LogP contribution is -2.08. The van der Waals surface area contributed by atoms with Crippen LogP contribution in [0, 0.1) is 6.92 Å². The highest BCUT2D eigenvalue weighted by molar-refractivity contribution is 5.64. The Morgan fingerprint density at radius 3 is 2.35 bits per heavy atom. The van der Waals surface area contributed by atoms with Gasteiger partial charge in [-0.15, -0.1) is 0 Å². The fourth-order valence-electron chi connectivity index (χ4n) is 2.02. The van der Waals surface area contributed by atoms with Crippen LogP contribution in [0.1, 0.15) is 31.4 Å². The van der Waals surface area contributed by atoms with Gasteiger partial charge in [0, 0.05) is 17.8 Å². The van der Waals surface area contributed by atoms with Gasteiger partial charge >= 0.3 is 0 Å². The summed E-state index contributed by atoms with van der Waals surface area (Å²) < 4.78 is 0. The van der Waals surface area contributed by atoms with Crippen LogP contribution < -0.4 is 10.6 Å². The van der Waals surface area contributed by atoms with Crippen LogP contribution in [-0.2, 0) is 6.42 Å². The zero-order valence-electron chi connectivity index (χ0n) is 12.4. The fraction of sp³-hybridized carbons (Fsp3) is 0.375. The van der Waals surface area contributed by atoms with E-state index in [-0.39, 0.29) is 0 Å². The second-order valence-electron chi connectivity index (χ2n) is 4.82. The van der Waals surface area contributed by atoms with Crippen molar-refractivity contribution in [3.05, 3.63) is 41.7 Å². The number of aromatic nitrogens is 2. The molecule has 0 unspecified atom stereocenters. The average molecular weight is 270 g/mol. The van der Waals surface area contributed by atoms with Gasteiger partial charge in [-0.1, -0.05) is 31.5 Å². The first-order chi connectivity index (χ1) is 9.74. The number of aryl methyl sites for hydroxylation is 1. The van der Waals surface area contributed by atoms with Crippen molar-refractivity contribution in [1.29, 1.82) is 0 Å². The second-order valence-corrected chi connectivity index (χ2v) is 4.82. The maximum absolute atomic E-state index is 4.37. The summed E-state index contributed by atoms with van der Waals surface area (Å²) in [6.45, 7) is 7.27. The van der Waals surface area contributed by atoms with E-state index in [0.717, 1.165) is 42.3 Å². The molecular weight excluding hydrogens is 248 g/mol. The summed E-state index contributed by atoms with van der Waals surface area (Å²) in [6.07, 6.45) is 3.57. The van der Waals surface area contributed by atoms with Crippen LogP contribution in [0.25, 0.3) is 0 Å². The molecule has 4 nitrogen and oxygen atoms in total. The van der Waals surface area contributed by atoms with E-state index >= 15 is 0 Å². The van der Waals surface area contributed by atoms with Gasteiger partial charge in [-0.3, -0.25) is 0 Å². The molecule has 2 aromatic rings. The molecule has 0 spiro atoms. The lowest BCUT2D eigenvalue weighted by molar-refractivity contribution is 0.949. The Hall–Kier alpha value is -2.10. The van der Waals surface area contributed by atoms with Gasteiger partial charge in [0.05, 0.1) is 0 Å². The number of hydrogen-bond acceptors (Lipinski definition) is 4. The van der Waals surface area contributed by atoms with Crippen LogP contribution in [0.2, 0.25) is 0 Å². The molecule has 2 rings (SSSR count). The zero-order valence-corrected chi connectivity index (χ0v) is 12.4. The van der Waals surface area contributed by atoms with Gasteiger partial charge in [0.25, 0.3) is 0 Å². The molecule has 4 heteroatoms. The largest absolute Gasteiger partial charge is 0.370 e. The highest BCUT2D eigenvalue weighted by Gasteiger charge is 2.09. The van der Waals surface area contributed by atoms with Gasteiger partial charge in [-0.05, 0) is 31.9 Å². The highest BCUT2D eigenvalue weighted by atomic mass is 15.1. The molecule has 0 amide bonds. The Morgan fingerprint density at radius 2 is 1.70 bits per heavy atom. The van der Waals surface area contributed by atoms with E-state index in [4.69, 9.17) is 0 Å². The SMILES string of the molecule is CCCNc1ncnc(Nc2ccc(C)cc2)c1CC. The second kappa shape index (κ2) is 6.89. The van der Waals surface area contributed by atoms with Crippen LogP contribution in [0.3, 0.4) is 0 Å². The highest BCUT2D eigenvalue weighted by Crippen LogP contribution is 2.24. The number of anilines is 3. The van der Waals surface area contributed by atoms with E-state index in [0.29, 0.717) is 0 Å². The molecule has 20 heavy (non-hydrogen) atoms. The van der Waals surface area contributed by atoms with E-state index in [1.54, 1.807) is 6.33 Å². The number of nitrogens with one attached hydrogen (secondary N) is 2. The summed E-state index contributed by atoms with van der Waals surface area (Å²) in [7, 11) is 0. The van der Waals surface area contributed by atoms with Crippen LogP contribution in [0.15, 0.2) is 30.6 Å².